The Balaban J connectivity index is 2.30. The standard InChI is InChI=1S/C14H15BrN2O/c1-18-9-10-4-2-3-5-13(10)17-14-8-11(15)6-7-12(14)16/h2-8,17H,9,16H2,1H3. The van der Waals surface area contributed by atoms with E-state index in [2.05, 4.69) is 21.2 Å². The van der Waals surface area contributed by atoms with Gasteiger partial charge in [-0.15, -0.1) is 0 Å². The highest BCUT2D eigenvalue weighted by Crippen LogP contribution is 2.28. The van der Waals surface area contributed by atoms with Crippen LogP contribution in [0.25, 0.3) is 0 Å². The van der Waals surface area contributed by atoms with Gasteiger partial charge in [-0.2, -0.15) is 0 Å². The Kier molecular flexibility index (Phi) is 4.23. The predicted molar refractivity (Wildman–Crippen MR) is 79.0 cm³/mol. The molecular formula is C14H15BrN2O. The number of anilines is 3. The number of nitrogen functional groups attached to an aromatic ring is 1. The Bertz CT molecular complexity index is 543. The van der Waals surface area contributed by atoms with E-state index in [1.54, 1.807) is 7.11 Å². The molecule has 2 aromatic carbocycles. The number of ether oxygens (including phenoxy) is 1. The van der Waals surface area contributed by atoms with Crippen molar-refractivity contribution in [1.82, 2.24) is 0 Å². The molecule has 2 rings (SSSR count). The summed E-state index contributed by atoms with van der Waals surface area (Å²) in [5.74, 6) is 0. The van der Waals surface area contributed by atoms with Crippen LogP contribution >= 0.6 is 15.9 Å². The van der Waals surface area contributed by atoms with E-state index in [0.29, 0.717) is 12.3 Å². The smallest absolute Gasteiger partial charge is 0.0733 e. The lowest BCUT2D eigenvalue weighted by atomic mass is 10.1. The van der Waals surface area contributed by atoms with Crippen LogP contribution in [0.3, 0.4) is 0 Å². The van der Waals surface area contributed by atoms with Crippen molar-refractivity contribution < 1.29 is 4.74 Å². The first-order valence-electron chi connectivity index (χ1n) is 5.59. The van der Waals surface area contributed by atoms with Crippen molar-refractivity contribution in [2.75, 3.05) is 18.2 Å². The third kappa shape index (κ3) is 3.03. The molecule has 0 saturated heterocycles. The Labute approximate surface area is 115 Å². The van der Waals surface area contributed by atoms with Crippen LogP contribution in [0, 0.1) is 0 Å². The summed E-state index contributed by atoms with van der Waals surface area (Å²) in [5, 5.41) is 3.33. The van der Waals surface area contributed by atoms with Crippen LogP contribution in [0.5, 0.6) is 0 Å². The predicted octanol–water partition coefficient (Wildman–Crippen LogP) is 3.92. The maximum absolute atomic E-state index is 5.95. The molecule has 4 heteroatoms. The summed E-state index contributed by atoms with van der Waals surface area (Å²) in [6, 6.07) is 13.8. The zero-order valence-electron chi connectivity index (χ0n) is 10.1. The van der Waals surface area contributed by atoms with Crippen LogP contribution in [0.2, 0.25) is 0 Å². The summed E-state index contributed by atoms with van der Waals surface area (Å²) in [6.07, 6.45) is 0. The van der Waals surface area contributed by atoms with Gasteiger partial charge >= 0.3 is 0 Å². The highest BCUT2D eigenvalue weighted by molar-refractivity contribution is 9.10. The van der Waals surface area contributed by atoms with Crippen LogP contribution in [-0.2, 0) is 11.3 Å². The molecule has 0 bridgehead atoms. The molecule has 0 aliphatic heterocycles. The van der Waals surface area contributed by atoms with Crippen molar-refractivity contribution in [3.63, 3.8) is 0 Å². The van der Waals surface area contributed by atoms with Gasteiger partial charge in [0.15, 0.2) is 0 Å². The van der Waals surface area contributed by atoms with E-state index >= 15 is 0 Å². The molecule has 0 fully saturated rings. The highest BCUT2D eigenvalue weighted by atomic mass is 79.9. The first kappa shape index (κ1) is 12.9. The Hall–Kier alpha value is -1.52. The fourth-order valence-electron chi connectivity index (χ4n) is 1.71. The van der Waals surface area contributed by atoms with Gasteiger partial charge in [0.25, 0.3) is 0 Å². The van der Waals surface area contributed by atoms with Crippen LogP contribution < -0.4 is 11.1 Å². The molecule has 0 saturated carbocycles. The summed E-state index contributed by atoms with van der Waals surface area (Å²) in [5.41, 5.74) is 9.64. The first-order chi connectivity index (χ1) is 8.70. The van der Waals surface area contributed by atoms with Gasteiger partial charge in [-0.05, 0) is 24.3 Å². The molecule has 2 aromatic rings. The van der Waals surface area contributed by atoms with Crippen LogP contribution in [-0.4, -0.2) is 7.11 Å². The van der Waals surface area contributed by atoms with Gasteiger partial charge in [0.2, 0.25) is 0 Å². The van der Waals surface area contributed by atoms with Gasteiger partial charge in [0, 0.05) is 22.8 Å². The third-order valence-corrected chi connectivity index (χ3v) is 3.10. The summed E-state index contributed by atoms with van der Waals surface area (Å²) in [4.78, 5) is 0. The molecule has 0 aliphatic carbocycles. The van der Waals surface area contributed by atoms with Crippen molar-refractivity contribution in [3.05, 3.63) is 52.5 Å². The minimum Gasteiger partial charge on any atom is -0.397 e. The number of methoxy groups -OCH3 is 1. The lowest BCUT2D eigenvalue weighted by Gasteiger charge is -2.13. The van der Waals surface area contributed by atoms with Crippen LogP contribution in [0.4, 0.5) is 17.1 Å². The zero-order valence-corrected chi connectivity index (χ0v) is 11.7. The monoisotopic (exact) mass is 306 g/mol. The second kappa shape index (κ2) is 5.89. The van der Waals surface area contributed by atoms with Gasteiger partial charge in [-0.25, -0.2) is 0 Å². The van der Waals surface area contributed by atoms with E-state index in [0.717, 1.165) is 21.4 Å². The lowest BCUT2D eigenvalue weighted by molar-refractivity contribution is 0.185. The number of hydrogen-bond donors (Lipinski definition) is 2. The number of benzene rings is 2. The normalized spacial score (nSPS) is 10.3. The van der Waals surface area contributed by atoms with Gasteiger partial charge in [-0.1, -0.05) is 34.1 Å². The number of hydrogen-bond acceptors (Lipinski definition) is 3. The van der Waals surface area contributed by atoms with Gasteiger partial charge in [0.1, 0.15) is 0 Å². The SMILES string of the molecule is COCc1ccccc1Nc1cc(Br)ccc1N. The Morgan fingerprint density at radius 2 is 1.94 bits per heavy atom. The van der Waals surface area contributed by atoms with Crippen molar-refractivity contribution in [2.45, 2.75) is 6.61 Å². The number of para-hydroxylation sites is 1. The number of nitrogens with one attached hydrogen (secondary N) is 1. The summed E-state index contributed by atoms with van der Waals surface area (Å²) in [6.45, 7) is 0.567. The molecule has 0 aliphatic rings. The molecule has 0 radical (unpaired) electrons. The Morgan fingerprint density at radius 3 is 2.72 bits per heavy atom. The van der Waals surface area contributed by atoms with E-state index in [-0.39, 0.29) is 0 Å². The van der Waals surface area contributed by atoms with E-state index in [1.165, 1.54) is 0 Å². The molecule has 0 unspecified atom stereocenters. The highest BCUT2D eigenvalue weighted by Gasteiger charge is 2.04. The summed E-state index contributed by atoms with van der Waals surface area (Å²) in [7, 11) is 1.68. The molecule has 0 aromatic heterocycles. The number of rotatable bonds is 4. The maximum atomic E-state index is 5.95. The summed E-state index contributed by atoms with van der Waals surface area (Å²) < 4.78 is 6.17. The summed E-state index contributed by atoms with van der Waals surface area (Å²) >= 11 is 3.44. The molecule has 3 N–H and O–H groups in total. The average molecular weight is 307 g/mol. The second-order valence-corrected chi connectivity index (χ2v) is 4.86. The molecule has 0 atom stereocenters. The molecule has 94 valence electrons. The van der Waals surface area contributed by atoms with Crippen LogP contribution in [0.1, 0.15) is 5.56 Å². The maximum Gasteiger partial charge on any atom is 0.0733 e. The van der Waals surface area contributed by atoms with E-state index in [1.807, 2.05) is 42.5 Å². The number of halogens is 1. The minimum atomic E-state index is 0.567. The van der Waals surface area contributed by atoms with Crippen molar-refractivity contribution >= 4 is 33.0 Å². The second-order valence-electron chi connectivity index (χ2n) is 3.95. The molecule has 18 heavy (non-hydrogen) atoms. The first-order valence-corrected chi connectivity index (χ1v) is 6.39. The van der Waals surface area contributed by atoms with Crippen molar-refractivity contribution in [1.29, 1.82) is 0 Å². The van der Waals surface area contributed by atoms with Crippen molar-refractivity contribution in [3.8, 4) is 0 Å². The van der Waals surface area contributed by atoms with Gasteiger partial charge < -0.3 is 15.8 Å². The fraction of sp³-hybridized carbons (Fsp3) is 0.143. The van der Waals surface area contributed by atoms with E-state index < -0.39 is 0 Å². The Morgan fingerprint density at radius 1 is 1.17 bits per heavy atom. The zero-order chi connectivity index (χ0) is 13.0. The molecule has 0 heterocycles. The average Bonchev–Trinajstić information content (AvgIpc) is 2.36. The molecule has 3 nitrogen and oxygen atoms in total. The topological polar surface area (TPSA) is 47.3 Å². The van der Waals surface area contributed by atoms with E-state index in [9.17, 15) is 0 Å². The van der Waals surface area contributed by atoms with Crippen molar-refractivity contribution in [2.24, 2.45) is 0 Å². The largest absolute Gasteiger partial charge is 0.397 e. The quantitative estimate of drug-likeness (QED) is 0.842. The fourth-order valence-corrected chi connectivity index (χ4v) is 2.07. The number of nitrogens with two attached hydrogens (primary N) is 1. The molecule has 0 amide bonds. The lowest BCUT2D eigenvalue weighted by Crippen LogP contribution is -2.00. The minimum absolute atomic E-state index is 0.567. The van der Waals surface area contributed by atoms with Gasteiger partial charge in [0.05, 0.1) is 18.0 Å². The van der Waals surface area contributed by atoms with Crippen LogP contribution in [0.15, 0.2) is 46.9 Å². The van der Waals surface area contributed by atoms with Gasteiger partial charge in [-0.3, -0.25) is 0 Å². The third-order valence-electron chi connectivity index (χ3n) is 2.60. The molecule has 0 spiro atoms. The molecular weight excluding hydrogens is 292 g/mol. The van der Waals surface area contributed by atoms with E-state index in [4.69, 9.17) is 10.5 Å².